The van der Waals surface area contributed by atoms with E-state index in [1.54, 1.807) is 12.4 Å². The Kier molecular flexibility index (Phi) is 5.71. The van der Waals surface area contributed by atoms with Crippen LogP contribution in [0.3, 0.4) is 0 Å². The lowest BCUT2D eigenvalue weighted by molar-refractivity contribution is 0.0581. The van der Waals surface area contributed by atoms with E-state index in [4.69, 9.17) is 0 Å². The first-order valence-corrected chi connectivity index (χ1v) is 9.77. The van der Waals surface area contributed by atoms with Crippen molar-refractivity contribution in [2.24, 2.45) is 0 Å². The Morgan fingerprint density at radius 3 is 2.24 bits per heavy atom. The van der Waals surface area contributed by atoms with Crippen molar-refractivity contribution in [2.45, 2.75) is 25.0 Å². The van der Waals surface area contributed by atoms with Crippen LogP contribution >= 0.6 is 11.8 Å². The van der Waals surface area contributed by atoms with Gasteiger partial charge in [0, 0.05) is 44.6 Å². The number of thioether (sulfide) groups is 1. The molecule has 2 aromatic rings. The van der Waals surface area contributed by atoms with Crippen LogP contribution in [-0.2, 0) is 0 Å². The van der Waals surface area contributed by atoms with Crippen LogP contribution in [0.15, 0.2) is 41.8 Å². The zero-order valence-electron chi connectivity index (χ0n) is 15.0. The van der Waals surface area contributed by atoms with Gasteiger partial charge in [-0.05, 0) is 25.7 Å². The first-order valence-electron chi connectivity index (χ1n) is 8.54. The second kappa shape index (κ2) is 7.97. The lowest BCUT2D eigenvalue weighted by Crippen LogP contribution is -2.49. The van der Waals surface area contributed by atoms with Crippen molar-refractivity contribution in [3.63, 3.8) is 0 Å². The van der Waals surface area contributed by atoms with E-state index in [9.17, 15) is 4.79 Å². The minimum Gasteiger partial charge on any atom is -0.336 e. The first-order chi connectivity index (χ1) is 12.1. The highest BCUT2D eigenvalue weighted by atomic mass is 32.2. The van der Waals surface area contributed by atoms with Crippen molar-refractivity contribution >= 4 is 17.7 Å². The van der Waals surface area contributed by atoms with E-state index in [1.807, 2.05) is 11.2 Å². The molecule has 0 radical (unpaired) electrons. The maximum Gasteiger partial charge on any atom is 0.257 e. The summed E-state index contributed by atoms with van der Waals surface area (Å²) in [7, 11) is 0. The molecule has 0 unspecified atom stereocenters. The third kappa shape index (κ3) is 4.19. The number of aryl methyl sites for hydroxylation is 1. The Morgan fingerprint density at radius 2 is 1.68 bits per heavy atom. The molecule has 1 aliphatic rings. The maximum absolute atomic E-state index is 12.6. The van der Waals surface area contributed by atoms with Gasteiger partial charge >= 0.3 is 0 Å². The minimum absolute atomic E-state index is 0.0234. The summed E-state index contributed by atoms with van der Waals surface area (Å²) in [5, 5.41) is 0.688. The molecule has 6 heteroatoms. The minimum atomic E-state index is 0.0234. The quantitative estimate of drug-likeness (QED) is 0.622. The zero-order valence-corrected chi connectivity index (χ0v) is 15.8. The molecule has 0 spiro atoms. The summed E-state index contributed by atoms with van der Waals surface area (Å²) in [5.74, 6) is 0.0234. The number of rotatable bonds is 4. The van der Waals surface area contributed by atoms with Crippen LogP contribution in [0, 0.1) is 6.92 Å². The van der Waals surface area contributed by atoms with Crippen LogP contribution in [0.25, 0.3) is 0 Å². The van der Waals surface area contributed by atoms with E-state index in [0.717, 1.165) is 26.2 Å². The molecular formula is C19H24N4OS. The molecule has 1 amide bonds. The van der Waals surface area contributed by atoms with Crippen LogP contribution in [-0.4, -0.2) is 58.1 Å². The molecule has 3 rings (SSSR count). The lowest BCUT2D eigenvalue weighted by Gasteiger charge is -2.38. The van der Waals surface area contributed by atoms with E-state index in [1.165, 1.54) is 22.9 Å². The molecule has 0 bridgehead atoms. The van der Waals surface area contributed by atoms with Crippen LogP contribution < -0.4 is 0 Å². The largest absolute Gasteiger partial charge is 0.336 e. The molecule has 1 aromatic heterocycles. The number of hydrogen-bond acceptors (Lipinski definition) is 5. The van der Waals surface area contributed by atoms with Crippen molar-refractivity contribution in [3.8, 4) is 0 Å². The fourth-order valence-electron chi connectivity index (χ4n) is 3.08. The molecule has 2 heterocycles. The predicted octanol–water partition coefficient (Wildman–Crippen LogP) is 3.03. The number of benzene rings is 1. The molecule has 1 aliphatic heterocycles. The third-order valence-electron chi connectivity index (χ3n) is 4.77. The fourth-order valence-corrected chi connectivity index (χ4v) is 3.40. The van der Waals surface area contributed by atoms with Crippen molar-refractivity contribution in [1.82, 2.24) is 19.8 Å². The standard InChI is InChI=1S/C19H24N4OS/c1-14-4-6-16(7-5-14)15(2)22-8-10-23(11-9-22)18(24)17-12-20-19(25-3)21-13-17/h4-7,12-13,15H,8-11H2,1-3H3/t15-/m0/s1. The normalized spacial score (nSPS) is 16.7. The average molecular weight is 356 g/mol. The summed E-state index contributed by atoms with van der Waals surface area (Å²) in [6, 6.07) is 9.07. The van der Waals surface area contributed by atoms with Gasteiger partial charge in [0.05, 0.1) is 5.56 Å². The number of amides is 1. The van der Waals surface area contributed by atoms with E-state index < -0.39 is 0 Å². The zero-order chi connectivity index (χ0) is 17.8. The Balaban J connectivity index is 1.59. The molecule has 1 atom stereocenters. The third-order valence-corrected chi connectivity index (χ3v) is 5.34. The highest BCUT2D eigenvalue weighted by molar-refractivity contribution is 7.98. The lowest BCUT2D eigenvalue weighted by atomic mass is 10.0. The number of carbonyl (C=O) groups is 1. The van der Waals surface area contributed by atoms with Gasteiger partial charge in [0.1, 0.15) is 0 Å². The summed E-state index contributed by atoms with van der Waals surface area (Å²) >= 11 is 1.47. The van der Waals surface area contributed by atoms with Crippen molar-refractivity contribution in [1.29, 1.82) is 0 Å². The molecule has 0 N–H and O–H groups in total. The Bertz CT molecular complexity index is 709. The highest BCUT2D eigenvalue weighted by Crippen LogP contribution is 2.22. The van der Waals surface area contributed by atoms with Gasteiger partial charge in [-0.2, -0.15) is 0 Å². The smallest absolute Gasteiger partial charge is 0.257 e. The second-order valence-corrected chi connectivity index (χ2v) is 7.15. The van der Waals surface area contributed by atoms with Crippen LogP contribution in [0.2, 0.25) is 0 Å². The summed E-state index contributed by atoms with van der Waals surface area (Å²) in [6.45, 7) is 7.57. The average Bonchev–Trinajstić information content (AvgIpc) is 2.67. The van der Waals surface area contributed by atoms with Crippen LogP contribution in [0.4, 0.5) is 0 Å². The summed E-state index contributed by atoms with van der Waals surface area (Å²) in [5.41, 5.74) is 3.17. The van der Waals surface area contributed by atoms with Crippen LogP contribution in [0.5, 0.6) is 0 Å². The summed E-state index contributed by atoms with van der Waals surface area (Å²) < 4.78 is 0. The van der Waals surface area contributed by atoms with Crippen molar-refractivity contribution in [2.75, 3.05) is 32.4 Å². The molecule has 1 aromatic carbocycles. The number of piperazine rings is 1. The summed E-state index contributed by atoms with van der Waals surface area (Å²) in [4.78, 5) is 25.3. The molecule has 0 saturated carbocycles. The number of carbonyl (C=O) groups excluding carboxylic acids is 1. The molecule has 25 heavy (non-hydrogen) atoms. The van der Waals surface area contributed by atoms with Gasteiger partial charge < -0.3 is 4.90 Å². The van der Waals surface area contributed by atoms with Gasteiger partial charge in [0.15, 0.2) is 5.16 Å². The fraction of sp³-hybridized carbons (Fsp3) is 0.421. The Morgan fingerprint density at radius 1 is 1.08 bits per heavy atom. The van der Waals surface area contributed by atoms with Gasteiger partial charge in [-0.15, -0.1) is 0 Å². The van der Waals surface area contributed by atoms with Gasteiger partial charge in [-0.1, -0.05) is 41.6 Å². The van der Waals surface area contributed by atoms with Crippen LogP contribution in [0.1, 0.15) is 34.5 Å². The van der Waals surface area contributed by atoms with E-state index in [-0.39, 0.29) is 5.91 Å². The van der Waals surface area contributed by atoms with E-state index >= 15 is 0 Å². The van der Waals surface area contributed by atoms with Gasteiger partial charge in [-0.25, -0.2) is 9.97 Å². The highest BCUT2D eigenvalue weighted by Gasteiger charge is 2.25. The van der Waals surface area contributed by atoms with E-state index in [2.05, 4.69) is 53.0 Å². The predicted molar refractivity (Wildman–Crippen MR) is 101 cm³/mol. The molecule has 0 aliphatic carbocycles. The Labute approximate surface area is 153 Å². The molecule has 5 nitrogen and oxygen atoms in total. The van der Waals surface area contributed by atoms with Gasteiger partial charge in [0.25, 0.3) is 5.91 Å². The topological polar surface area (TPSA) is 49.3 Å². The first kappa shape index (κ1) is 17.9. The van der Waals surface area contributed by atoms with Gasteiger partial charge in [-0.3, -0.25) is 9.69 Å². The molecular weight excluding hydrogens is 332 g/mol. The monoisotopic (exact) mass is 356 g/mol. The van der Waals surface area contributed by atoms with Gasteiger partial charge in [0.2, 0.25) is 0 Å². The number of nitrogens with zero attached hydrogens (tertiary/aromatic N) is 4. The van der Waals surface area contributed by atoms with E-state index in [0.29, 0.717) is 16.8 Å². The number of aromatic nitrogens is 2. The number of hydrogen-bond donors (Lipinski definition) is 0. The second-order valence-electron chi connectivity index (χ2n) is 6.37. The summed E-state index contributed by atoms with van der Waals surface area (Å²) in [6.07, 6.45) is 5.18. The SMILES string of the molecule is CSc1ncc(C(=O)N2CCN([C@@H](C)c3ccc(C)cc3)CC2)cn1. The Hall–Kier alpha value is -1.92. The molecule has 132 valence electrons. The maximum atomic E-state index is 12.6. The molecule has 1 fully saturated rings. The molecule has 1 saturated heterocycles. The van der Waals surface area contributed by atoms with Crippen molar-refractivity contribution < 1.29 is 4.79 Å². The van der Waals surface area contributed by atoms with Crippen molar-refractivity contribution in [3.05, 3.63) is 53.3 Å².